The number of nitriles is 1. The van der Waals surface area contributed by atoms with Gasteiger partial charge in [-0.05, 0) is 62.8 Å². The van der Waals surface area contributed by atoms with E-state index in [0.29, 0.717) is 0 Å². The molecule has 0 unspecified atom stereocenters. The maximum absolute atomic E-state index is 14.5. The summed E-state index contributed by atoms with van der Waals surface area (Å²) in [6.45, 7) is -0.268. The van der Waals surface area contributed by atoms with Crippen LogP contribution >= 0.6 is 38.5 Å². The number of hydrogen-bond donors (Lipinski definition) is 2. The van der Waals surface area contributed by atoms with Crippen LogP contribution in [0, 0.1) is 20.7 Å². The second kappa shape index (κ2) is 9.38. The van der Waals surface area contributed by atoms with Crippen LogP contribution in [0.5, 0.6) is 0 Å². The lowest BCUT2D eigenvalue weighted by Crippen LogP contribution is -2.50. The van der Waals surface area contributed by atoms with Crippen molar-refractivity contribution in [3.05, 3.63) is 55.3 Å². The standard InChI is InChI=1S/C18H9BrF8IN3O/c19-10-6-8(16(21,17(22,23)24)18(25,26)27)7-11(28)14(10)31-15(32)9-2-1-3-12(13(9)20)30-5-4-29/h1-3,6-7,30H,5H2,(H,31,32). The molecule has 2 aromatic carbocycles. The Labute approximate surface area is 197 Å². The molecule has 2 rings (SSSR count). The van der Waals surface area contributed by atoms with Gasteiger partial charge in [0, 0.05) is 13.6 Å². The highest BCUT2D eigenvalue weighted by molar-refractivity contribution is 14.1. The highest BCUT2D eigenvalue weighted by Gasteiger charge is 2.73. The summed E-state index contributed by atoms with van der Waals surface area (Å²) in [5, 5.41) is 13.1. The average molecular weight is 642 g/mol. The maximum atomic E-state index is 14.5. The maximum Gasteiger partial charge on any atom is 0.435 e. The highest BCUT2D eigenvalue weighted by atomic mass is 127. The molecule has 1 amide bonds. The summed E-state index contributed by atoms with van der Waals surface area (Å²) in [4.78, 5) is 12.5. The summed E-state index contributed by atoms with van der Waals surface area (Å²) >= 11 is 4.04. The number of rotatable bonds is 5. The first-order chi connectivity index (χ1) is 14.6. The number of nitrogens with one attached hydrogen (secondary N) is 2. The fraction of sp³-hybridized carbons (Fsp3) is 0.222. The average Bonchev–Trinajstić information content (AvgIpc) is 2.67. The van der Waals surface area contributed by atoms with E-state index in [1.165, 1.54) is 34.7 Å². The Balaban J connectivity index is 2.47. The highest BCUT2D eigenvalue weighted by Crippen LogP contribution is 2.54. The van der Waals surface area contributed by atoms with Crippen molar-refractivity contribution in [3.63, 3.8) is 0 Å². The van der Waals surface area contributed by atoms with Gasteiger partial charge in [0.25, 0.3) is 5.91 Å². The molecular formula is C18H9BrF8IN3O. The van der Waals surface area contributed by atoms with Crippen LogP contribution in [0.4, 0.5) is 46.5 Å². The molecule has 0 bridgehead atoms. The van der Waals surface area contributed by atoms with Crippen LogP contribution in [-0.2, 0) is 5.67 Å². The van der Waals surface area contributed by atoms with Crippen molar-refractivity contribution in [1.29, 1.82) is 5.26 Å². The molecule has 0 radical (unpaired) electrons. The zero-order valence-corrected chi connectivity index (χ0v) is 19.0. The monoisotopic (exact) mass is 641 g/mol. The van der Waals surface area contributed by atoms with Gasteiger partial charge >= 0.3 is 18.0 Å². The minimum Gasteiger partial charge on any atom is -0.370 e. The van der Waals surface area contributed by atoms with Gasteiger partial charge < -0.3 is 10.6 Å². The van der Waals surface area contributed by atoms with E-state index in [9.17, 15) is 39.9 Å². The number of alkyl halides is 7. The van der Waals surface area contributed by atoms with Gasteiger partial charge in [-0.1, -0.05) is 6.07 Å². The molecule has 0 fully saturated rings. The van der Waals surface area contributed by atoms with Gasteiger partial charge in [-0.25, -0.2) is 8.78 Å². The minimum atomic E-state index is -6.31. The van der Waals surface area contributed by atoms with Crippen molar-refractivity contribution >= 4 is 55.8 Å². The molecule has 172 valence electrons. The Kier molecular flexibility index (Phi) is 7.65. The Bertz CT molecular complexity index is 1040. The smallest absolute Gasteiger partial charge is 0.370 e. The molecule has 0 aliphatic carbocycles. The van der Waals surface area contributed by atoms with Crippen LogP contribution in [0.15, 0.2) is 34.8 Å². The number of carbonyl (C=O) groups excluding carboxylic acids is 1. The Morgan fingerprint density at radius 2 is 1.69 bits per heavy atom. The second-order valence-corrected chi connectivity index (χ2v) is 8.12. The molecule has 4 nitrogen and oxygen atoms in total. The molecule has 0 aromatic heterocycles. The first kappa shape index (κ1) is 26.1. The normalized spacial score (nSPS) is 12.3. The largest absolute Gasteiger partial charge is 0.435 e. The molecule has 0 saturated heterocycles. The third-order valence-corrected chi connectivity index (χ3v) is 5.54. The lowest BCUT2D eigenvalue weighted by Gasteiger charge is -2.31. The predicted octanol–water partition coefficient (Wildman–Crippen LogP) is 6.67. The van der Waals surface area contributed by atoms with E-state index in [0.717, 1.165) is 6.07 Å². The van der Waals surface area contributed by atoms with Gasteiger partial charge in [-0.2, -0.15) is 31.6 Å². The lowest BCUT2D eigenvalue weighted by molar-refractivity contribution is -0.348. The van der Waals surface area contributed by atoms with Crippen molar-refractivity contribution in [2.75, 3.05) is 17.2 Å². The second-order valence-electron chi connectivity index (χ2n) is 6.10. The van der Waals surface area contributed by atoms with Gasteiger partial charge in [-0.3, -0.25) is 4.79 Å². The van der Waals surface area contributed by atoms with Crippen molar-refractivity contribution in [3.8, 4) is 6.07 Å². The number of halogens is 10. The quantitative estimate of drug-likeness (QED) is 0.218. The van der Waals surface area contributed by atoms with Crippen LogP contribution in [0.3, 0.4) is 0 Å². The number of benzene rings is 2. The molecule has 0 heterocycles. The van der Waals surface area contributed by atoms with Gasteiger partial charge in [0.1, 0.15) is 6.54 Å². The molecule has 0 spiro atoms. The Hall–Kier alpha value is -2.15. The summed E-state index contributed by atoms with van der Waals surface area (Å²) in [6.07, 6.45) is -12.6. The Morgan fingerprint density at radius 1 is 1.09 bits per heavy atom. The molecule has 2 N–H and O–H groups in total. The topological polar surface area (TPSA) is 64.9 Å². The minimum absolute atomic E-state index is 0.180. The van der Waals surface area contributed by atoms with Gasteiger partial charge in [0.15, 0.2) is 5.82 Å². The van der Waals surface area contributed by atoms with E-state index in [1.54, 1.807) is 6.07 Å². The molecule has 32 heavy (non-hydrogen) atoms. The zero-order valence-electron chi connectivity index (χ0n) is 15.2. The summed E-state index contributed by atoms with van der Waals surface area (Å²) in [5.74, 6) is -2.13. The van der Waals surface area contributed by atoms with E-state index in [1.807, 2.05) is 0 Å². The van der Waals surface area contributed by atoms with Crippen LogP contribution < -0.4 is 10.6 Å². The summed E-state index contributed by atoms with van der Waals surface area (Å²) < 4.78 is 106. The number of hydrogen-bond acceptors (Lipinski definition) is 3. The summed E-state index contributed by atoms with van der Waals surface area (Å²) in [6, 6.07) is 5.82. The molecule has 0 saturated carbocycles. The van der Waals surface area contributed by atoms with Crippen LogP contribution in [-0.4, -0.2) is 24.8 Å². The first-order valence-electron chi connectivity index (χ1n) is 8.17. The van der Waals surface area contributed by atoms with E-state index < -0.39 is 45.3 Å². The number of anilines is 2. The van der Waals surface area contributed by atoms with Crippen LogP contribution in [0.2, 0.25) is 0 Å². The van der Waals surface area contributed by atoms with Crippen molar-refractivity contribution in [1.82, 2.24) is 0 Å². The Morgan fingerprint density at radius 3 is 2.19 bits per heavy atom. The van der Waals surface area contributed by atoms with E-state index in [2.05, 4.69) is 26.6 Å². The SMILES string of the molecule is N#CCNc1cccc(C(=O)Nc2c(Br)cc(C(F)(C(F)(F)F)C(F)(F)F)cc2I)c1F. The zero-order chi connectivity index (χ0) is 24.5. The molecule has 0 atom stereocenters. The van der Waals surface area contributed by atoms with Gasteiger partial charge in [-0.15, -0.1) is 0 Å². The van der Waals surface area contributed by atoms with Crippen molar-refractivity contribution in [2.45, 2.75) is 18.0 Å². The summed E-state index contributed by atoms with van der Waals surface area (Å²) in [7, 11) is 0. The van der Waals surface area contributed by atoms with Crippen molar-refractivity contribution < 1.29 is 39.9 Å². The van der Waals surface area contributed by atoms with E-state index >= 15 is 0 Å². The predicted molar refractivity (Wildman–Crippen MR) is 110 cm³/mol. The summed E-state index contributed by atoms with van der Waals surface area (Å²) in [5.41, 5.74) is -8.41. The molecule has 14 heteroatoms. The van der Waals surface area contributed by atoms with Crippen LogP contribution in [0.1, 0.15) is 15.9 Å². The molecule has 2 aromatic rings. The number of nitrogens with zero attached hydrogens (tertiary/aromatic N) is 1. The van der Waals surface area contributed by atoms with Crippen molar-refractivity contribution in [2.24, 2.45) is 0 Å². The fourth-order valence-electron chi connectivity index (χ4n) is 2.54. The van der Waals surface area contributed by atoms with Gasteiger partial charge in [0.05, 0.1) is 23.0 Å². The van der Waals surface area contributed by atoms with E-state index in [4.69, 9.17) is 5.26 Å². The molecule has 0 aliphatic heterocycles. The van der Waals surface area contributed by atoms with Gasteiger partial charge in [0.2, 0.25) is 0 Å². The third kappa shape index (κ3) is 4.92. The number of carbonyl (C=O) groups is 1. The number of amides is 1. The molecule has 0 aliphatic rings. The van der Waals surface area contributed by atoms with E-state index in [-0.39, 0.29) is 33.6 Å². The van der Waals surface area contributed by atoms with Crippen LogP contribution in [0.25, 0.3) is 0 Å². The third-order valence-electron chi connectivity index (χ3n) is 4.06. The first-order valence-corrected chi connectivity index (χ1v) is 10.0. The lowest BCUT2D eigenvalue weighted by atomic mass is 9.94. The molecular weight excluding hydrogens is 633 g/mol. The fourth-order valence-corrected chi connectivity index (χ4v) is 4.23.